The van der Waals surface area contributed by atoms with Crippen molar-refractivity contribution in [2.45, 2.75) is 4.90 Å². The Hall–Kier alpha value is -1.29. The van der Waals surface area contributed by atoms with Gasteiger partial charge in [0.1, 0.15) is 12.1 Å². The van der Waals surface area contributed by atoms with Crippen LogP contribution in [0, 0.1) is 0 Å². The molecule has 1 aromatic carbocycles. The molecule has 72 valence electrons. The zero-order valence-corrected chi connectivity index (χ0v) is 8.84. The maximum Gasteiger partial charge on any atom is 0.134 e. The van der Waals surface area contributed by atoms with Crippen molar-refractivity contribution >= 4 is 22.7 Å². The van der Waals surface area contributed by atoms with Crippen molar-refractivity contribution < 1.29 is 4.74 Å². The number of aromatic nitrogens is 2. The number of ether oxygens (including phenoxy) is 1. The van der Waals surface area contributed by atoms with Crippen molar-refractivity contribution in [3.63, 3.8) is 0 Å². The van der Waals surface area contributed by atoms with E-state index >= 15 is 0 Å². The Bertz CT molecular complexity index is 416. The summed E-state index contributed by atoms with van der Waals surface area (Å²) in [6.45, 7) is 0. The lowest BCUT2D eigenvalue weighted by molar-refractivity contribution is 0.405. The highest BCUT2D eigenvalue weighted by Gasteiger charge is 2.04. The Labute approximate surface area is 86.5 Å². The molecule has 0 spiro atoms. The van der Waals surface area contributed by atoms with Gasteiger partial charge < -0.3 is 4.74 Å². The maximum absolute atomic E-state index is 5.26. The lowest BCUT2D eigenvalue weighted by Crippen LogP contribution is -1.88. The highest BCUT2D eigenvalue weighted by atomic mass is 32.2. The summed E-state index contributed by atoms with van der Waals surface area (Å²) in [5.41, 5.74) is 0.912. The molecule has 0 fully saturated rings. The highest BCUT2D eigenvalue weighted by molar-refractivity contribution is 7.98. The van der Waals surface area contributed by atoms with E-state index in [0.717, 1.165) is 21.5 Å². The lowest BCUT2D eigenvalue weighted by atomic mass is 10.2. The first-order valence-electron chi connectivity index (χ1n) is 4.17. The van der Waals surface area contributed by atoms with Crippen LogP contribution in [0.4, 0.5) is 0 Å². The predicted octanol–water partition coefficient (Wildman–Crippen LogP) is 2.36. The fourth-order valence-electron chi connectivity index (χ4n) is 1.31. The molecule has 0 N–H and O–H groups in total. The smallest absolute Gasteiger partial charge is 0.134 e. The van der Waals surface area contributed by atoms with Crippen molar-refractivity contribution in [1.82, 2.24) is 9.97 Å². The van der Waals surface area contributed by atoms with Crippen LogP contribution in [0.3, 0.4) is 0 Å². The van der Waals surface area contributed by atoms with E-state index in [1.54, 1.807) is 25.2 Å². The fraction of sp³-hybridized carbons (Fsp3) is 0.200. The summed E-state index contributed by atoms with van der Waals surface area (Å²) in [7, 11) is 1.67. The number of benzene rings is 1. The van der Waals surface area contributed by atoms with E-state index in [9.17, 15) is 0 Å². The number of hydrogen-bond acceptors (Lipinski definition) is 4. The van der Waals surface area contributed by atoms with E-state index in [2.05, 4.69) is 9.97 Å². The van der Waals surface area contributed by atoms with Crippen molar-refractivity contribution in [2.24, 2.45) is 0 Å². The molecule has 0 aliphatic rings. The first-order chi connectivity index (χ1) is 6.85. The Balaban J connectivity index is 2.69. The zero-order chi connectivity index (χ0) is 9.97. The maximum atomic E-state index is 5.26. The molecule has 3 nitrogen and oxygen atoms in total. The third-order valence-electron chi connectivity index (χ3n) is 2.01. The molecule has 1 heterocycles. The first-order valence-corrected chi connectivity index (χ1v) is 5.39. The summed E-state index contributed by atoms with van der Waals surface area (Å²) in [4.78, 5) is 9.25. The van der Waals surface area contributed by atoms with Gasteiger partial charge in [0.2, 0.25) is 0 Å². The molecule has 0 aliphatic carbocycles. The Morgan fingerprint density at radius 2 is 2.21 bits per heavy atom. The normalized spacial score (nSPS) is 10.4. The fourth-order valence-corrected chi connectivity index (χ4v) is 1.90. The van der Waals surface area contributed by atoms with Crippen molar-refractivity contribution in [1.29, 1.82) is 0 Å². The lowest BCUT2D eigenvalue weighted by Gasteiger charge is -2.06. The second kappa shape index (κ2) is 3.84. The largest absolute Gasteiger partial charge is 0.496 e. The molecule has 0 aliphatic heterocycles. The highest BCUT2D eigenvalue weighted by Crippen LogP contribution is 2.30. The molecule has 0 saturated heterocycles. The third-order valence-corrected chi connectivity index (χ3v) is 2.77. The van der Waals surface area contributed by atoms with Crippen LogP contribution in [0.1, 0.15) is 0 Å². The molecule has 0 unspecified atom stereocenters. The average Bonchev–Trinajstić information content (AvgIpc) is 2.27. The molecular formula is C10H10N2OS. The third kappa shape index (κ3) is 1.53. The number of fused-ring (bicyclic) bond motifs is 1. The van der Waals surface area contributed by atoms with Crippen molar-refractivity contribution in [3.8, 4) is 5.75 Å². The second-order valence-corrected chi connectivity index (χ2v) is 3.64. The van der Waals surface area contributed by atoms with Crippen molar-refractivity contribution in [2.75, 3.05) is 13.4 Å². The topological polar surface area (TPSA) is 35.0 Å². The Morgan fingerprint density at radius 1 is 1.36 bits per heavy atom. The van der Waals surface area contributed by atoms with Gasteiger partial charge in [0.15, 0.2) is 0 Å². The summed E-state index contributed by atoms with van der Waals surface area (Å²) >= 11 is 1.65. The van der Waals surface area contributed by atoms with Crippen LogP contribution in [0.15, 0.2) is 29.6 Å². The minimum absolute atomic E-state index is 0.865. The van der Waals surface area contributed by atoms with E-state index in [4.69, 9.17) is 4.74 Å². The van der Waals surface area contributed by atoms with Crippen molar-refractivity contribution in [3.05, 3.63) is 24.7 Å². The van der Waals surface area contributed by atoms with Crippen LogP contribution in [0.5, 0.6) is 5.75 Å². The summed E-state index contributed by atoms with van der Waals surface area (Å²) in [5, 5.41) is 1.04. The van der Waals surface area contributed by atoms with E-state index in [1.165, 1.54) is 0 Å². The molecule has 2 rings (SSSR count). The van der Waals surface area contributed by atoms with Gasteiger partial charge in [-0.05, 0) is 12.3 Å². The van der Waals surface area contributed by atoms with Crippen LogP contribution in [0.2, 0.25) is 0 Å². The Morgan fingerprint density at radius 3 is 2.93 bits per heavy atom. The molecule has 4 heteroatoms. The second-order valence-electron chi connectivity index (χ2n) is 2.79. The van der Waals surface area contributed by atoms with E-state index in [1.807, 2.05) is 24.6 Å². The van der Waals surface area contributed by atoms with Crippen LogP contribution in [0.25, 0.3) is 10.9 Å². The van der Waals surface area contributed by atoms with Gasteiger partial charge >= 0.3 is 0 Å². The van der Waals surface area contributed by atoms with E-state index in [0.29, 0.717) is 0 Å². The van der Waals surface area contributed by atoms with Crippen LogP contribution in [-0.2, 0) is 0 Å². The van der Waals surface area contributed by atoms with Crippen LogP contribution >= 0.6 is 11.8 Å². The van der Waals surface area contributed by atoms with Crippen LogP contribution < -0.4 is 4.74 Å². The number of rotatable bonds is 2. The molecule has 0 radical (unpaired) electrons. The summed E-state index contributed by atoms with van der Waals surface area (Å²) in [6, 6.07) is 3.97. The molecule has 14 heavy (non-hydrogen) atoms. The van der Waals surface area contributed by atoms with Gasteiger partial charge in [0.05, 0.1) is 12.6 Å². The minimum atomic E-state index is 0.865. The molecule has 0 bridgehead atoms. The molecule has 1 aromatic heterocycles. The quantitative estimate of drug-likeness (QED) is 0.706. The molecule has 2 aromatic rings. The number of methoxy groups -OCH3 is 1. The van der Waals surface area contributed by atoms with E-state index in [-0.39, 0.29) is 0 Å². The molecule has 0 atom stereocenters. The molecule has 0 amide bonds. The van der Waals surface area contributed by atoms with Gasteiger partial charge in [-0.15, -0.1) is 11.8 Å². The number of thioether (sulfide) groups is 1. The molecule has 0 saturated carbocycles. The summed E-state index contributed by atoms with van der Waals surface area (Å²) in [6.07, 6.45) is 5.37. The first kappa shape index (κ1) is 9.27. The zero-order valence-electron chi connectivity index (χ0n) is 8.02. The van der Waals surface area contributed by atoms with Gasteiger partial charge in [-0.25, -0.2) is 9.97 Å². The average molecular weight is 206 g/mol. The van der Waals surface area contributed by atoms with Gasteiger partial charge in [-0.2, -0.15) is 0 Å². The SMILES string of the molecule is COc1cc2ncncc2cc1SC. The molecular weight excluding hydrogens is 196 g/mol. The predicted molar refractivity (Wildman–Crippen MR) is 57.9 cm³/mol. The van der Waals surface area contributed by atoms with E-state index < -0.39 is 0 Å². The minimum Gasteiger partial charge on any atom is -0.496 e. The van der Waals surface area contributed by atoms with Gasteiger partial charge in [-0.3, -0.25) is 0 Å². The monoisotopic (exact) mass is 206 g/mol. The standard InChI is InChI=1S/C10H10N2OS/c1-13-9-4-8-7(3-10(9)14-2)5-11-6-12-8/h3-6H,1-2H3. The summed E-state index contributed by atoms with van der Waals surface area (Å²) < 4.78 is 5.26. The van der Waals surface area contributed by atoms with Gasteiger partial charge in [-0.1, -0.05) is 0 Å². The van der Waals surface area contributed by atoms with Crippen LogP contribution in [-0.4, -0.2) is 23.3 Å². The summed E-state index contributed by atoms with van der Waals surface area (Å²) in [5.74, 6) is 0.865. The Kier molecular flexibility index (Phi) is 2.54. The van der Waals surface area contributed by atoms with Gasteiger partial charge in [0.25, 0.3) is 0 Å². The van der Waals surface area contributed by atoms with Gasteiger partial charge in [0, 0.05) is 22.5 Å². The number of nitrogens with zero attached hydrogens (tertiary/aromatic N) is 2. The number of hydrogen-bond donors (Lipinski definition) is 0.